The summed E-state index contributed by atoms with van der Waals surface area (Å²) in [5.74, 6) is 1.00. The molecule has 0 unspecified atom stereocenters. The van der Waals surface area contributed by atoms with Crippen LogP contribution in [0.2, 0.25) is 0 Å². The van der Waals surface area contributed by atoms with Crippen LogP contribution in [0.4, 0.5) is 0 Å². The molecule has 0 bridgehead atoms. The van der Waals surface area contributed by atoms with Gasteiger partial charge in [0.1, 0.15) is 0 Å². The molecule has 0 atom stereocenters. The lowest BCUT2D eigenvalue weighted by Gasteiger charge is -2.26. The van der Waals surface area contributed by atoms with Crippen LogP contribution in [0.3, 0.4) is 0 Å². The number of hydrogen-bond acceptors (Lipinski definition) is 3. The van der Waals surface area contributed by atoms with Crippen molar-refractivity contribution in [3.05, 3.63) is 21.9 Å². The Bertz CT molecular complexity index is 343. The first-order chi connectivity index (χ1) is 7.92. The molecule has 1 aromatic heterocycles. The Kier molecular flexibility index (Phi) is 3.27. The van der Waals surface area contributed by atoms with Gasteiger partial charge in [-0.25, -0.2) is 0 Å². The summed E-state index contributed by atoms with van der Waals surface area (Å²) in [5.41, 5.74) is 1.57. The summed E-state index contributed by atoms with van der Waals surface area (Å²) in [4.78, 5) is 4.19. The van der Waals surface area contributed by atoms with E-state index in [-0.39, 0.29) is 0 Å². The fourth-order valence-corrected chi connectivity index (χ4v) is 3.25. The van der Waals surface area contributed by atoms with Crippen LogP contribution in [0, 0.1) is 5.92 Å². The molecule has 2 nitrogen and oxygen atoms in total. The second-order valence-corrected chi connectivity index (χ2v) is 6.04. The molecule has 1 aromatic rings. The Morgan fingerprint density at radius 2 is 2.38 bits per heavy atom. The van der Waals surface area contributed by atoms with E-state index < -0.39 is 0 Å². The van der Waals surface area contributed by atoms with Gasteiger partial charge < -0.3 is 5.32 Å². The lowest BCUT2D eigenvalue weighted by Crippen LogP contribution is -2.36. The van der Waals surface area contributed by atoms with E-state index in [4.69, 9.17) is 0 Å². The number of nitrogens with one attached hydrogen (secondary N) is 1. The standard InChI is InChI=1S/C13H20N2S/c1-2-11(1)9-14-5-7-15-6-3-13-12(10-15)4-8-16-13/h4,8,11,14H,1-3,5-7,9-10H2. The van der Waals surface area contributed by atoms with Crippen LogP contribution in [0.15, 0.2) is 11.4 Å². The van der Waals surface area contributed by atoms with Crippen molar-refractivity contribution in [2.45, 2.75) is 25.8 Å². The molecule has 3 heteroatoms. The molecule has 1 fully saturated rings. The number of fused-ring (bicyclic) bond motifs is 1. The molecule has 2 heterocycles. The summed E-state index contributed by atoms with van der Waals surface area (Å²) in [6.07, 6.45) is 4.17. The number of nitrogens with zero attached hydrogens (tertiary/aromatic N) is 1. The first-order valence-electron chi connectivity index (χ1n) is 6.40. The average molecular weight is 236 g/mol. The maximum absolute atomic E-state index is 3.57. The molecule has 1 N–H and O–H groups in total. The van der Waals surface area contributed by atoms with Crippen LogP contribution in [0.5, 0.6) is 0 Å². The normalized spacial score (nSPS) is 21.0. The zero-order valence-electron chi connectivity index (χ0n) is 9.74. The summed E-state index contributed by atoms with van der Waals surface area (Å²) >= 11 is 1.93. The van der Waals surface area contributed by atoms with E-state index in [1.54, 1.807) is 10.4 Å². The van der Waals surface area contributed by atoms with E-state index in [0.29, 0.717) is 0 Å². The monoisotopic (exact) mass is 236 g/mol. The lowest BCUT2D eigenvalue weighted by molar-refractivity contribution is 0.255. The first kappa shape index (κ1) is 10.8. The van der Waals surface area contributed by atoms with Crippen molar-refractivity contribution in [3.63, 3.8) is 0 Å². The highest BCUT2D eigenvalue weighted by molar-refractivity contribution is 7.10. The number of hydrogen-bond donors (Lipinski definition) is 1. The van der Waals surface area contributed by atoms with Gasteiger partial charge in [-0.05, 0) is 48.7 Å². The van der Waals surface area contributed by atoms with Gasteiger partial charge in [-0.1, -0.05) is 0 Å². The third-order valence-corrected chi connectivity index (χ3v) is 4.64. The largest absolute Gasteiger partial charge is 0.315 e. The molecule has 3 rings (SSSR count). The van der Waals surface area contributed by atoms with Gasteiger partial charge in [0.15, 0.2) is 0 Å². The van der Waals surface area contributed by atoms with Gasteiger partial charge >= 0.3 is 0 Å². The lowest BCUT2D eigenvalue weighted by atomic mass is 10.1. The maximum Gasteiger partial charge on any atom is 0.0245 e. The quantitative estimate of drug-likeness (QED) is 0.788. The van der Waals surface area contributed by atoms with Gasteiger partial charge in [0.25, 0.3) is 0 Å². The number of thiophene rings is 1. The van der Waals surface area contributed by atoms with Crippen molar-refractivity contribution in [1.29, 1.82) is 0 Å². The summed E-state index contributed by atoms with van der Waals surface area (Å²) in [6.45, 7) is 6.04. The minimum atomic E-state index is 1.00. The zero-order chi connectivity index (χ0) is 10.8. The van der Waals surface area contributed by atoms with Gasteiger partial charge in [-0.15, -0.1) is 11.3 Å². The van der Waals surface area contributed by atoms with Gasteiger partial charge in [-0.2, -0.15) is 0 Å². The molecule has 0 saturated heterocycles. The van der Waals surface area contributed by atoms with Crippen LogP contribution in [-0.4, -0.2) is 31.1 Å². The van der Waals surface area contributed by atoms with Crippen molar-refractivity contribution in [2.24, 2.45) is 5.92 Å². The average Bonchev–Trinajstić information content (AvgIpc) is 3.01. The maximum atomic E-state index is 3.57. The molecule has 88 valence electrons. The van der Waals surface area contributed by atoms with E-state index in [1.807, 2.05) is 11.3 Å². The Balaban J connectivity index is 1.39. The summed E-state index contributed by atoms with van der Waals surface area (Å²) in [6, 6.07) is 2.30. The van der Waals surface area contributed by atoms with E-state index >= 15 is 0 Å². The molecule has 1 aliphatic heterocycles. The minimum absolute atomic E-state index is 1.00. The van der Waals surface area contributed by atoms with E-state index in [1.165, 1.54) is 45.4 Å². The van der Waals surface area contributed by atoms with Gasteiger partial charge in [0.05, 0.1) is 0 Å². The fraction of sp³-hybridized carbons (Fsp3) is 0.692. The molecular formula is C13H20N2S. The Labute approximate surface area is 102 Å². The van der Waals surface area contributed by atoms with Crippen molar-refractivity contribution < 1.29 is 0 Å². The molecule has 0 aromatic carbocycles. The predicted octanol–water partition coefficient (Wildman–Crippen LogP) is 2.11. The Morgan fingerprint density at radius 3 is 3.25 bits per heavy atom. The molecule has 16 heavy (non-hydrogen) atoms. The Morgan fingerprint density at radius 1 is 1.44 bits per heavy atom. The highest BCUT2D eigenvalue weighted by Crippen LogP contribution is 2.27. The molecular weight excluding hydrogens is 216 g/mol. The molecule has 0 radical (unpaired) electrons. The molecule has 0 spiro atoms. The van der Waals surface area contributed by atoms with E-state index in [0.717, 1.165) is 12.5 Å². The van der Waals surface area contributed by atoms with E-state index in [9.17, 15) is 0 Å². The highest BCUT2D eigenvalue weighted by Gasteiger charge is 2.20. The van der Waals surface area contributed by atoms with Crippen molar-refractivity contribution >= 4 is 11.3 Å². The summed E-state index contributed by atoms with van der Waals surface area (Å²) < 4.78 is 0. The zero-order valence-corrected chi connectivity index (χ0v) is 10.6. The summed E-state index contributed by atoms with van der Waals surface area (Å²) in [7, 11) is 0. The van der Waals surface area contributed by atoms with Gasteiger partial charge in [0, 0.05) is 31.1 Å². The minimum Gasteiger partial charge on any atom is -0.315 e. The second-order valence-electron chi connectivity index (χ2n) is 5.04. The Hall–Kier alpha value is -0.380. The highest BCUT2D eigenvalue weighted by atomic mass is 32.1. The fourth-order valence-electron chi connectivity index (χ4n) is 2.36. The number of rotatable bonds is 5. The topological polar surface area (TPSA) is 15.3 Å². The smallest absolute Gasteiger partial charge is 0.0245 e. The second kappa shape index (κ2) is 4.86. The third-order valence-electron chi connectivity index (χ3n) is 3.62. The van der Waals surface area contributed by atoms with E-state index in [2.05, 4.69) is 21.7 Å². The molecule has 0 amide bonds. The third kappa shape index (κ3) is 2.65. The van der Waals surface area contributed by atoms with Gasteiger partial charge in [0.2, 0.25) is 0 Å². The molecule has 2 aliphatic rings. The van der Waals surface area contributed by atoms with Crippen LogP contribution < -0.4 is 5.32 Å². The van der Waals surface area contributed by atoms with Gasteiger partial charge in [-0.3, -0.25) is 4.90 Å². The molecule has 1 saturated carbocycles. The molecule has 1 aliphatic carbocycles. The van der Waals surface area contributed by atoms with Crippen molar-refractivity contribution in [2.75, 3.05) is 26.2 Å². The van der Waals surface area contributed by atoms with Crippen LogP contribution >= 0.6 is 11.3 Å². The van der Waals surface area contributed by atoms with Crippen LogP contribution in [-0.2, 0) is 13.0 Å². The van der Waals surface area contributed by atoms with Crippen LogP contribution in [0.1, 0.15) is 23.3 Å². The predicted molar refractivity (Wildman–Crippen MR) is 68.9 cm³/mol. The van der Waals surface area contributed by atoms with Crippen molar-refractivity contribution in [3.8, 4) is 0 Å². The first-order valence-corrected chi connectivity index (χ1v) is 7.28. The summed E-state index contributed by atoms with van der Waals surface area (Å²) in [5, 5.41) is 5.81. The van der Waals surface area contributed by atoms with Crippen molar-refractivity contribution in [1.82, 2.24) is 10.2 Å². The SMILES string of the molecule is c1cc2c(s1)CCN(CCNCC1CC1)C2. The van der Waals surface area contributed by atoms with Crippen LogP contribution in [0.25, 0.3) is 0 Å².